The molecule has 1 aromatic heterocycles. The van der Waals surface area contributed by atoms with Gasteiger partial charge in [-0.2, -0.15) is 5.10 Å². The van der Waals surface area contributed by atoms with Gasteiger partial charge in [0, 0.05) is 32.4 Å². The number of likely N-dealkylation sites (tertiary alicyclic amines) is 2. The van der Waals surface area contributed by atoms with Crippen LogP contribution < -0.4 is 10.6 Å². The van der Waals surface area contributed by atoms with Crippen LogP contribution in [0.1, 0.15) is 26.2 Å². The summed E-state index contributed by atoms with van der Waals surface area (Å²) in [7, 11) is 7.73. The fourth-order valence-corrected chi connectivity index (χ4v) is 2.58. The molecule has 0 radical (unpaired) electrons. The van der Waals surface area contributed by atoms with E-state index in [1.165, 1.54) is 13.0 Å². The second kappa shape index (κ2) is 11.9. The highest BCUT2D eigenvalue weighted by molar-refractivity contribution is 5.76. The van der Waals surface area contributed by atoms with Gasteiger partial charge < -0.3 is 25.5 Å². The first-order valence-electron chi connectivity index (χ1n) is 9.36. The summed E-state index contributed by atoms with van der Waals surface area (Å²) in [6.07, 6.45) is 5.99. The second-order valence-corrected chi connectivity index (χ2v) is 6.91. The molecule has 0 spiro atoms. The largest absolute Gasteiger partial charge is 0.393 e. The van der Waals surface area contributed by atoms with Gasteiger partial charge in [-0.25, -0.2) is 0 Å². The Hall–Kier alpha value is -1.64. The molecule has 26 heavy (non-hydrogen) atoms. The highest BCUT2D eigenvalue weighted by atomic mass is 16.3. The minimum atomic E-state index is -0.250. The van der Waals surface area contributed by atoms with Gasteiger partial charge in [-0.3, -0.25) is 9.48 Å². The first kappa shape index (κ1) is 22.4. The molecule has 0 aliphatic carbocycles. The number of aliphatic hydroxyl groups excluding tert-OH is 1. The summed E-state index contributed by atoms with van der Waals surface area (Å²) in [5.74, 6) is 0.0580. The zero-order valence-corrected chi connectivity index (χ0v) is 16.9. The van der Waals surface area contributed by atoms with Crippen molar-refractivity contribution in [3.8, 4) is 0 Å². The first-order chi connectivity index (χ1) is 12.4. The van der Waals surface area contributed by atoms with E-state index in [9.17, 15) is 9.90 Å². The quantitative estimate of drug-likeness (QED) is 0.718. The van der Waals surface area contributed by atoms with Crippen molar-refractivity contribution in [2.24, 2.45) is 0 Å². The van der Waals surface area contributed by atoms with Crippen molar-refractivity contribution in [2.75, 3.05) is 53.1 Å². The molecule has 1 unspecified atom stereocenters. The Kier molecular flexibility index (Phi) is 10.2. The summed E-state index contributed by atoms with van der Waals surface area (Å²) in [6.45, 7) is 5.10. The van der Waals surface area contributed by atoms with Crippen molar-refractivity contribution in [3.05, 3.63) is 12.4 Å². The van der Waals surface area contributed by atoms with Gasteiger partial charge in [-0.05, 0) is 53.9 Å². The summed E-state index contributed by atoms with van der Waals surface area (Å²) in [6, 6.07) is 0.866. The van der Waals surface area contributed by atoms with Gasteiger partial charge in [-0.15, -0.1) is 0 Å². The number of anilines is 1. The van der Waals surface area contributed by atoms with Crippen molar-refractivity contribution >= 4 is 11.6 Å². The van der Waals surface area contributed by atoms with Crippen LogP contribution in [0, 0.1) is 0 Å². The Morgan fingerprint density at radius 1 is 1.23 bits per heavy atom. The van der Waals surface area contributed by atoms with E-state index in [0.717, 1.165) is 11.7 Å². The topological polar surface area (TPSA) is 85.7 Å². The number of piperidine rings is 1. The number of aromatic nitrogens is 2. The maximum absolute atomic E-state index is 11.9. The smallest absolute Gasteiger partial charge is 0.244 e. The van der Waals surface area contributed by atoms with Crippen LogP contribution in [0.5, 0.6) is 0 Å². The third kappa shape index (κ3) is 7.72. The van der Waals surface area contributed by atoms with Gasteiger partial charge >= 0.3 is 0 Å². The van der Waals surface area contributed by atoms with E-state index < -0.39 is 0 Å². The Morgan fingerprint density at radius 3 is 2.19 bits per heavy atom. The molecule has 1 amide bonds. The molecule has 0 saturated carbocycles. The Morgan fingerprint density at radius 2 is 1.81 bits per heavy atom. The lowest BCUT2D eigenvalue weighted by atomic mass is 10.1. The average Bonchev–Trinajstić information content (AvgIpc) is 3.09. The van der Waals surface area contributed by atoms with Crippen molar-refractivity contribution in [2.45, 2.75) is 44.9 Å². The molecule has 8 heteroatoms. The van der Waals surface area contributed by atoms with E-state index in [-0.39, 0.29) is 18.6 Å². The summed E-state index contributed by atoms with van der Waals surface area (Å²) in [5, 5.41) is 19.2. The molecule has 2 aliphatic heterocycles. The normalized spacial score (nSPS) is 20.2. The molecule has 0 aromatic carbocycles. The molecule has 8 nitrogen and oxygen atoms in total. The van der Waals surface area contributed by atoms with Gasteiger partial charge in [0.1, 0.15) is 6.54 Å². The van der Waals surface area contributed by atoms with Gasteiger partial charge in [0.2, 0.25) is 5.91 Å². The molecule has 3 rings (SSSR count). The monoisotopic (exact) mass is 368 g/mol. The molecule has 2 fully saturated rings. The molecule has 1 aromatic rings. The van der Waals surface area contributed by atoms with Crippen LogP contribution in [0.4, 0.5) is 5.69 Å². The predicted octanol–water partition coefficient (Wildman–Crippen LogP) is 0.454. The number of nitrogens with one attached hydrogen (secondary N) is 2. The number of amides is 1. The number of nitrogens with zero attached hydrogens (tertiary/aromatic N) is 4. The fraction of sp³-hybridized carbons (Fsp3) is 0.778. The summed E-state index contributed by atoms with van der Waals surface area (Å²) in [5.41, 5.74) is 0.895. The van der Waals surface area contributed by atoms with Crippen molar-refractivity contribution in [3.63, 3.8) is 0 Å². The summed E-state index contributed by atoms with van der Waals surface area (Å²) in [4.78, 5) is 16.1. The molecule has 3 N–H and O–H groups in total. The highest BCUT2D eigenvalue weighted by Gasteiger charge is 2.21. The van der Waals surface area contributed by atoms with Crippen molar-refractivity contribution in [1.82, 2.24) is 24.9 Å². The van der Waals surface area contributed by atoms with E-state index in [1.54, 1.807) is 22.0 Å². The molecule has 2 saturated heterocycles. The van der Waals surface area contributed by atoms with Crippen LogP contribution in [-0.2, 0) is 11.3 Å². The standard InChI is InChI=1S/C11H18N4O2.C5H11N.C2H7N/c1-12-9-6-13-15(7-9)8-11(17)14-4-2-10(16)3-5-14;1-5-3-4-6(5)2;1-3-2/h6-7,10,12,16H,2-5,8H2,1H3;5H,3-4H2,1-2H3;3H,1-2H3. The number of carbonyl (C=O) groups excluding carboxylic acids is 1. The van der Waals surface area contributed by atoms with Gasteiger partial charge in [0.25, 0.3) is 0 Å². The number of hydrogen-bond acceptors (Lipinski definition) is 6. The Balaban J connectivity index is 0.000000310. The molecule has 1 atom stereocenters. The van der Waals surface area contributed by atoms with E-state index in [1.807, 2.05) is 21.1 Å². The van der Waals surface area contributed by atoms with Gasteiger partial charge in [0.05, 0.1) is 18.0 Å². The predicted molar refractivity (Wildman–Crippen MR) is 105 cm³/mol. The maximum Gasteiger partial charge on any atom is 0.244 e. The van der Waals surface area contributed by atoms with Gasteiger partial charge in [0.15, 0.2) is 0 Å². The molecular formula is C18H36N6O2. The van der Waals surface area contributed by atoms with Crippen LogP contribution in [0.3, 0.4) is 0 Å². The highest BCUT2D eigenvalue weighted by Crippen LogP contribution is 2.12. The molecule has 2 aliphatic rings. The van der Waals surface area contributed by atoms with Crippen molar-refractivity contribution in [1.29, 1.82) is 0 Å². The number of rotatable bonds is 3. The summed E-state index contributed by atoms with van der Waals surface area (Å²) < 4.78 is 1.62. The lowest BCUT2D eigenvalue weighted by Gasteiger charge is -2.34. The minimum Gasteiger partial charge on any atom is -0.393 e. The average molecular weight is 369 g/mol. The number of carbonyl (C=O) groups is 1. The Bertz CT molecular complexity index is 506. The third-order valence-electron chi connectivity index (χ3n) is 4.69. The van der Waals surface area contributed by atoms with Crippen LogP contribution in [0.15, 0.2) is 12.4 Å². The lowest BCUT2D eigenvalue weighted by molar-refractivity contribution is -0.134. The number of hydrogen-bond donors (Lipinski definition) is 3. The zero-order chi connectivity index (χ0) is 19.5. The molecule has 3 heterocycles. The SMILES string of the molecule is CC1CCN1C.CNC.CNc1cnn(CC(=O)N2CCC(O)CC2)c1. The summed E-state index contributed by atoms with van der Waals surface area (Å²) >= 11 is 0. The van der Waals surface area contributed by atoms with Crippen LogP contribution >= 0.6 is 0 Å². The zero-order valence-electron chi connectivity index (χ0n) is 16.9. The van der Waals surface area contributed by atoms with Crippen LogP contribution in [-0.4, -0.2) is 90.6 Å². The first-order valence-corrected chi connectivity index (χ1v) is 9.36. The molecular weight excluding hydrogens is 332 g/mol. The van der Waals surface area contributed by atoms with Crippen LogP contribution in [0.2, 0.25) is 0 Å². The van der Waals surface area contributed by atoms with E-state index >= 15 is 0 Å². The fourth-order valence-electron chi connectivity index (χ4n) is 2.58. The van der Waals surface area contributed by atoms with E-state index in [2.05, 4.69) is 34.6 Å². The molecule has 0 bridgehead atoms. The van der Waals surface area contributed by atoms with E-state index in [0.29, 0.717) is 25.9 Å². The molecule has 150 valence electrons. The Labute approximate surface area is 157 Å². The van der Waals surface area contributed by atoms with Gasteiger partial charge in [-0.1, -0.05) is 0 Å². The third-order valence-corrected chi connectivity index (χ3v) is 4.69. The number of aliphatic hydroxyl groups is 1. The lowest BCUT2D eigenvalue weighted by Crippen LogP contribution is -2.41. The van der Waals surface area contributed by atoms with Crippen LogP contribution in [0.25, 0.3) is 0 Å². The van der Waals surface area contributed by atoms with E-state index in [4.69, 9.17) is 0 Å². The maximum atomic E-state index is 11.9. The van der Waals surface area contributed by atoms with Crippen molar-refractivity contribution < 1.29 is 9.90 Å². The minimum absolute atomic E-state index is 0.0580. The second-order valence-electron chi connectivity index (χ2n) is 6.91.